The Morgan fingerprint density at radius 3 is 2.45 bits per heavy atom. The van der Waals surface area contributed by atoms with E-state index in [0.29, 0.717) is 11.6 Å². The van der Waals surface area contributed by atoms with E-state index in [-0.39, 0.29) is 6.04 Å². The molecule has 0 aliphatic heterocycles. The third kappa shape index (κ3) is 3.99. The van der Waals surface area contributed by atoms with Crippen LogP contribution in [0, 0.1) is 6.92 Å². The molecule has 0 saturated carbocycles. The summed E-state index contributed by atoms with van der Waals surface area (Å²) in [5, 5.41) is 4.09. The number of aryl methyl sites for hydroxylation is 1. The number of nitrogens with one attached hydrogen (secondary N) is 1. The molecule has 0 fully saturated rings. The molecule has 0 aliphatic carbocycles. The number of hydrogen-bond donors (Lipinski definition) is 1. The standard InChI is InChI=1S/C17H20ClNO/c1-3-19-16(14-10-8-13(2)9-11-14)12-20-17-7-5-4-6-15(17)18/h4-11,16,19H,3,12H2,1-2H3. The van der Waals surface area contributed by atoms with Crippen molar-refractivity contribution in [3.05, 3.63) is 64.7 Å². The molecule has 1 unspecified atom stereocenters. The Labute approximate surface area is 125 Å². The van der Waals surface area contributed by atoms with Crippen LogP contribution >= 0.6 is 11.6 Å². The Kier molecular flexibility index (Phi) is 5.45. The number of para-hydroxylation sites is 1. The van der Waals surface area contributed by atoms with Crippen LogP contribution in [0.15, 0.2) is 48.5 Å². The Balaban J connectivity index is 2.06. The maximum atomic E-state index is 6.11. The summed E-state index contributed by atoms with van der Waals surface area (Å²) in [5.74, 6) is 0.726. The Morgan fingerprint density at radius 2 is 1.80 bits per heavy atom. The predicted octanol–water partition coefficient (Wildman–Crippen LogP) is 4.38. The molecule has 0 aliphatic rings. The second-order valence-corrected chi connectivity index (χ2v) is 5.17. The maximum absolute atomic E-state index is 6.11. The Bertz CT molecular complexity index is 539. The summed E-state index contributed by atoms with van der Waals surface area (Å²) in [7, 11) is 0. The van der Waals surface area contributed by atoms with E-state index in [9.17, 15) is 0 Å². The van der Waals surface area contributed by atoms with Gasteiger partial charge in [-0.1, -0.05) is 60.5 Å². The molecule has 0 heterocycles. The van der Waals surface area contributed by atoms with Crippen molar-refractivity contribution in [3.8, 4) is 5.75 Å². The van der Waals surface area contributed by atoms with E-state index < -0.39 is 0 Å². The van der Waals surface area contributed by atoms with E-state index >= 15 is 0 Å². The van der Waals surface area contributed by atoms with Gasteiger partial charge in [-0.05, 0) is 31.2 Å². The minimum absolute atomic E-state index is 0.164. The van der Waals surface area contributed by atoms with Gasteiger partial charge in [0.15, 0.2) is 0 Å². The SMILES string of the molecule is CCNC(COc1ccccc1Cl)c1ccc(C)cc1. The van der Waals surface area contributed by atoms with Gasteiger partial charge in [-0.3, -0.25) is 0 Å². The lowest BCUT2D eigenvalue weighted by molar-refractivity contribution is 0.268. The van der Waals surface area contributed by atoms with Crippen molar-refractivity contribution < 1.29 is 4.74 Å². The Morgan fingerprint density at radius 1 is 1.10 bits per heavy atom. The van der Waals surface area contributed by atoms with Gasteiger partial charge in [-0.2, -0.15) is 0 Å². The zero-order valence-electron chi connectivity index (χ0n) is 11.9. The van der Waals surface area contributed by atoms with Crippen molar-refractivity contribution in [1.82, 2.24) is 5.32 Å². The first kappa shape index (κ1) is 14.9. The topological polar surface area (TPSA) is 21.3 Å². The summed E-state index contributed by atoms with van der Waals surface area (Å²) in [5.41, 5.74) is 2.49. The second-order valence-electron chi connectivity index (χ2n) is 4.76. The van der Waals surface area contributed by atoms with E-state index in [4.69, 9.17) is 16.3 Å². The van der Waals surface area contributed by atoms with Crippen LogP contribution in [0.25, 0.3) is 0 Å². The van der Waals surface area contributed by atoms with Gasteiger partial charge in [0.05, 0.1) is 11.1 Å². The molecule has 106 valence electrons. The van der Waals surface area contributed by atoms with Crippen LogP contribution in [0.4, 0.5) is 0 Å². The molecular weight excluding hydrogens is 270 g/mol. The minimum atomic E-state index is 0.164. The average molecular weight is 290 g/mol. The van der Waals surface area contributed by atoms with Crippen LogP contribution in [0.1, 0.15) is 24.1 Å². The Hall–Kier alpha value is -1.51. The zero-order chi connectivity index (χ0) is 14.4. The third-order valence-electron chi connectivity index (χ3n) is 3.17. The first-order chi connectivity index (χ1) is 9.70. The fourth-order valence-electron chi connectivity index (χ4n) is 2.05. The van der Waals surface area contributed by atoms with Crippen LogP contribution in [-0.2, 0) is 0 Å². The van der Waals surface area contributed by atoms with Gasteiger partial charge >= 0.3 is 0 Å². The predicted molar refractivity (Wildman–Crippen MR) is 84.5 cm³/mol. The molecule has 2 nitrogen and oxygen atoms in total. The van der Waals surface area contributed by atoms with Crippen LogP contribution < -0.4 is 10.1 Å². The molecule has 0 saturated heterocycles. The van der Waals surface area contributed by atoms with Crippen molar-refractivity contribution in [2.75, 3.05) is 13.2 Å². The lowest BCUT2D eigenvalue weighted by Crippen LogP contribution is -2.26. The molecule has 0 radical (unpaired) electrons. The molecular formula is C17H20ClNO. The number of halogens is 1. The third-order valence-corrected chi connectivity index (χ3v) is 3.48. The van der Waals surface area contributed by atoms with Crippen molar-refractivity contribution in [2.24, 2.45) is 0 Å². The normalized spacial score (nSPS) is 12.2. The molecule has 1 atom stereocenters. The fraction of sp³-hybridized carbons (Fsp3) is 0.294. The lowest BCUT2D eigenvalue weighted by atomic mass is 10.1. The van der Waals surface area contributed by atoms with E-state index in [2.05, 4.69) is 43.4 Å². The molecule has 1 N–H and O–H groups in total. The fourth-order valence-corrected chi connectivity index (χ4v) is 2.24. The first-order valence-electron chi connectivity index (χ1n) is 6.88. The van der Waals surface area contributed by atoms with Gasteiger partial charge in [-0.15, -0.1) is 0 Å². The molecule has 0 aromatic heterocycles. The van der Waals surface area contributed by atoms with Crippen molar-refractivity contribution in [2.45, 2.75) is 19.9 Å². The highest BCUT2D eigenvalue weighted by Crippen LogP contribution is 2.24. The smallest absolute Gasteiger partial charge is 0.137 e. The van der Waals surface area contributed by atoms with Gasteiger partial charge < -0.3 is 10.1 Å². The van der Waals surface area contributed by atoms with Crippen molar-refractivity contribution in [1.29, 1.82) is 0 Å². The monoisotopic (exact) mass is 289 g/mol. The summed E-state index contributed by atoms with van der Waals surface area (Å²) in [4.78, 5) is 0. The van der Waals surface area contributed by atoms with Crippen LogP contribution in [0.3, 0.4) is 0 Å². The molecule has 2 aromatic carbocycles. The van der Waals surface area contributed by atoms with E-state index in [1.54, 1.807) is 0 Å². The largest absolute Gasteiger partial charge is 0.490 e. The summed E-state index contributed by atoms with van der Waals surface area (Å²) >= 11 is 6.11. The molecule has 0 spiro atoms. The second kappa shape index (κ2) is 7.32. The van der Waals surface area contributed by atoms with E-state index in [0.717, 1.165) is 12.3 Å². The van der Waals surface area contributed by atoms with Gasteiger partial charge in [-0.25, -0.2) is 0 Å². The number of likely N-dealkylation sites (N-methyl/N-ethyl adjacent to an activating group) is 1. The van der Waals surface area contributed by atoms with Crippen molar-refractivity contribution in [3.63, 3.8) is 0 Å². The molecule has 20 heavy (non-hydrogen) atoms. The molecule has 2 rings (SSSR count). The van der Waals surface area contributed by atoms with Gasteiger partial charge in [0.2, 0.25) is 0 Å². The van der Waals surface area contributed by atoms with Gasteiger partial charge in [0, 0.05) is 0 Å². The number of ether oxygens (including phenoxy) is 1. The van der Waals surface area contributed by atoms with Crippen molar-refractivity contribution >= 4 is 11.6 Å². The quantitative estimate of drug-likeness (QED) is 0.852. The molecule has 0 amide bonds. The minimum Gasteiger partial charge on any atom is -0.490 e. The van der Waals surface area contributed by atoms with Crippen LogP contribution in [-0.4, -0.2) is 13.2 Å². The highest BCUT2D eigenvalue weighted by molar-refractivity contribution is 6.32. The molecule has 3 heteroatoms. The number of benzene rings is 2. The number of hydrogen-bond acceptors (Lipinski definition) is 2. The maximum Gasteiger partial charge on any atom is 0.137 e. The lowest BCUT2D eigenvalue weighted by Gasteiger charge is -2.19. The van der Waals surface area contributed by atoms with E-state index in [1.807, 2.05) is 24.3 Å². The first-order valence-corrected chi connectivity index (χ1v) is 7.25. The highest BCUT2D eigenvalue weighted by Gasteiger charge is 2.11. The molecule has 2 aromatic rings. The highest BCUT2D eigenvalue weighted by atomic mass is 35.5. The summed E-state index contributed by atoms with van der Waals surface area (Å²) in [6.45, 7) is 5.63. The van der Waals surface area contributed by atoms with Crippen LogP contribution in [0.2, 0.25) is 5.02 Å². The van der Waals surface area contributed by atoms with Crippen LogP contribution in [0.5, 0.6) is 5.75 Å². The average Bonchev–Trinajstić information content (AvgIpc) is 2.46. The molecule has 0 bridgehead atoms. The summed E-state index contributed by atoms with van der Waals surface area (Å²) in [6, 6.07) is 16.2. The van der Waals surface area contributed by atoms with E-state index in [1.165, 1.54) is 11.1 Å². The zero-order valence-corrected chi connectivity index (χ0v) is 12.7. The summed E-state index contributed by atoms with van der Waals surface area (Å²) < 4.78 is 5.84. The summed E-state index contributed by atoms with van der Waals surface area (Å²) in [6.07, 6.45) is 0. The van der Waals surface area contributed by atoms with Gasteiger partial charge in [0.1, 0.15) is 12.4 Å². The number of rotatable bonds is 6. The van der Waals surface area contributed by atoms with Gasteiger partial charge in [0.25, 0.3) is 0 Å².